The average molecular weight is 285 g/mol. The van der Waals surface area contributed by atoms with Crippen molar-refractivity contribution >= 4 is 0 Å². The monoisotopic (exact) mass is 285 g/mol. The van der Waals surface area contributed by atoms with E-state index in [0.717, 1.165) is 30.9 Å². The molecule has 0 fully saturated rings. The van der Waals surface area contributed by atoms with Crippen LogP contribution in [0, 0.1) is 0 Å². The van der Waals surface area contributed by atoms with E-state index in [0.29, 0.717) is 12.0 Å². The van der Waals surface area contributed by atoms with Gasteiger partial charge in [0.05, 0.1) is 12.3 Å². The van der Waals surface area contributed by atoms with Gasteiger partial charge in [0.1, 0.15) is 5.75 Å². The van der Waals surface area contributed by atoms with Crippen LogP contribution in [0.1, 0.15) is 43.5 Å². The van der Waals surface area contributed by atoms with Crippen molar-refractivity contribution in [2.45, 2.75) is 44.7 Å². The smallest absolute Gasteiger partial charge is 0.122 e. The first kappa shape index (κ1) is 14.1. The molecule has 4 heteroatoms. The fourth-order valence-corrected chi connectivity index (χ4v) is 2.97. The highest BCUT2D eigenvalue weighted by Gasteiger charge is 2.27. The number of hydrogen-bond acceptors (Lipinski definition) is 3. The van der Waals surface area contributed by atoms with Crippen molar-refractivity contribution < 1.29 is 4.74 Å². The molecule has 4 nitrogen and oxygen atoms in total. The number of hydrogen-bond donors (Lipinski definition) is 1. The summed E-state index contributed by atoms with van der Waals surface area (Å²) in [5.74, 6) is 1.33. The molecular formula is C17H23N3O. The maximum atomic E-state index is 6.48. The van der Waals surface area contributed by atoms with Crippen LogP contribution in [0.3, 0.4) is 0 Å². The van der Waals surface area contributed by atoms with Gasteiger partial charge in [0.25, 0.3) is 0 Å². The Hall–Kier alpha value is -1.81. The van der Waals surface area contributed by atoms with Crippen LogP contribution in [0.5, 0.6) is 5.75 Å². The normalized spacial score (nSPS) is 19.1. The molecule has 0 spiro atoms. The van der Waals surface area contributed by atoms with Gasteiger partial charge in [0, 0.05) is 30.6 Å². The highest BCUT2D eigenvalue weighted by Crippen LogP contribution is 2.35. The molecule has 0 radical (unpaired) electrons. The Balaban J connectivity index is 1.75. The zero-order valence-electron chi connectivity index (χ0n) is 12.7. The lowest BCUT2D eigenvalue weighted by Gasteiger charge is -2.30. The lowest BCUT2D eigenvalue weighted by atomic mass is 9.85. The molecule has 0 bridgehead atoms. The number of benzene rings is 1. The molecule has 1 aliphatic rings. The largest absolute Gasteiger partial charge is 0.493 e. The zero-order valence-corrected chi connectivity index (χ0v) is 12.7. The summed E-state index contributed by atoms with van der Waals surface area (Å²) >= 11 is 0. The van der Waals surface area contributed by atoms with E-state index < -0.39 is 0 Å². The minimum absolute atomic E-state index is 0.0746. The van der Waals surface area contributed by atoms with E-state index in [9.17, 15) is 0 Å². The number of aromatic nitrogens is 2. The minimum atomic E-state index is 0.0746. The highest BCUT2D eigenvalue weighted by atomic mass is 16.5. The average Bonchev–Trinajstić information content (AvgIpc) is 2.95. The number of fused-ring (bicyclic) bond motifs is 1. The SMILES string of the molecule is CC(C)n1ccc(CC(N)C2CCOc3ccccc32)n1. The standard InChI is InChI=1S/C17H23N3O/c1-12(2)20-9-7-13(19-20)11-16(18)14-8-10-21-17-6-4-3-5-15(14)17/h3-7,9,12,14,16H,8,10-11,18H2,1-2H3. The van der Waals surface area contributed by atoms with Gasteiger partial charge in [-0.25, -0.2) is 0 Å². The first-order chi connectivity index (χ1) is 10.1. The predicted molar refractivity (Wildman–Crippen MR) is 83.6 cm³/mol. The van der Waals surface area contributed by atoms with Crippen LogP contribution in [-0.2, 0) is 6.42 Å². The summed E-state index contributed by atoms with van der Waals surface area (Å²) in [5.41, 5.74) is 8.78. The van der Waals surface area contributed by atoms with Gasteiger partial charge in [-0.3, -0.25) is 4.68 Å². The molecule has 1 aromatic heterocycles. The van der Waals surface area contributed by atoms with Crippen molar-refractivity contribution in [1.29, 1.82) is 0 Å². The predicted octanol–water partition coefficient (Wildman–Crippen LogP) is 2.90. The van der Waals surface area contributed by atoms with E-state index in [4.69, 9.17) is 10.5 Å². The Bertz CT molecular complexity index is 606. The second-order valence-electron chi connectivity index (χ2n) is 6.03. The van der Waals surface area contributed by atoms with E-state index >= 15 is 0 Å². The fraction of sp³-hybridized carbons (Fsp3) is 0.471. The third-order valence-electron chi connectivity index (χ3n) is 4.16. The second-order valence-corrected chi connectivity index (χ2v) is 6.03. The van der Waals surface area contributed by atoms with E-state index in [-0.39, 0.29) is 6.04 Å². The Morgan fingerprint density at radius 1 is 1.33 bits per heavy atom. The van der Waals surface area contributed by atoms with Gasteiger partial charge in [0.15, 0.2) is 0 Å². The van der Waals surface area contributed by atoms with Crippen molar-refractivity contribution in [3.63, 3.8) is 0 Å². The molecule has 1 aromatic carbocycles. The number of rotatable bonds is 4. The number of ether oxygens (including phenoxy) is 1. The van der Waals surface area contributed by atoms with Crippen LogP contribution >= 0.6 is 0 Å². The first-order valence-electron chi connectivity index (χ1n) is 7.66. The lowest BCUT2D eigenvalue weighted by molar-refractivity contribution is 0.254. The summed E-state index contributed by atoms with van der Waals surface area (Å²) in [7, 11) is 0. The highest BCUT2D eigenvalue weighted by molar-refractivity contribution is 5.38. The summed E-state index contributed by atoms with van der Waals surface area (Å²) in [6.07, 6.45) is 3.81. The molecular weight excluding hydrogens is 262 g/mol. The van der Waals surface area contributed by atoms with E-state index in [1.807, 2.05) is 23.0 Å². The maximum Gasteiger partial charge on any atom is 0.122 e. The summed E-state index contributed by atoms with van der Waals surface area (Å²) in [5, 5.41) is 4.61. The molecule has 0 aliphatic carbocycles. The topological polar surface area (TPSA) is 53.1 Å². The van der Waals surface area contributed by atoms with Gasteiger partial charge in [-0.1, -0.05) is 18.2 Å². The molecule has 1 aliphatic heterocycles. The van der Waals surface area contributed by atoms with Crippen molar-refractivity contribution in [2.24, 2.45) is 5.73 Å². The molecule has 2 unspecified atom stereocenters. The molecule has 21 heavy (non-hydrogen) atoms. The van der Waals surface area contributed by atoms with Crippen LogP contribution in [0.2, 0.25) is 0 Å². The molecule has 2 N–H and O–H groups in total. The van der Waals surface area contributed by atoms with Crippen LogP contribution in [-0.4, -0.2) is 22.4 Å². The van der Waals surface area contributed by atoms with Crippen molar-refractivity contribution in [1.82, 2.24) is 9.78 Å². The van der Waals surface area contributed by atoms with Crippen LogP contribution in [0.4, 0.5) is 0 Å². The van der Waals surface area contributed by atoms with Crippen molar-refractivity contribution in [3.8, 4) is 5.75 Å². The summed E-state index contributed by atoms with van der Waals surface area (Å²) in [6.45, 7) is 5.01. The van der Waals surface area contributed by atoms with Gasteiger partial charge >= 0.3 is 0 Å². The minimum Gasteiger partial charge on any atom is -0.493 e. The van der Waals surface area contributed by atoms with Crippen molar-refractivity contribution in [2.75, 3.05) is 6.61 Å². The van der Waals surface area contributed by atoms with Gasteiger partial charge in [-0.15, -0.1) is 0 Å². The van der Waals surface area contributed by atoms with Crippen molar-refractivity contribution in [3.05, 3.63) is 47.8 Å². The quantitative estimate of drug-likeness (QED) is 0.939. The van der Waals surface area contributed by atoms with E-state index in [2.05, 4.69) is 37.1 Å². The summed E-state index contributed by atoms with van der Waals surface area (Å²) in [6, 6.07) is 10.8. The Morgan fingerprint density at radius 3 is 2.90 bits per heavy atom. The molecule has 2 atom stereocenters. The third-order valence-corrected chi connectivity index (χ3v) is 4.16. The van der Waals surface area contributed by atoms with Crippen LogP contribution in [0.25, 0.3) is 0 Å². The number of para-hydroxylation sites is 1. The molecule has 112 valence electrons. The Labute approximate surface area is 125 Å². The maximum absolute atomic E-state index is 6.48. The molecule has 2 aromatic rings. The van der Waals surface area contributed by atoms with Gasteiger partial charge in [-0.2, -0.15) is 5.10 Å². The summed E-state index contributed by atoms with van der Waals surface area (Å²) < 4.78 is 7.70. The van der Waals surface area contributed by atoms with Crippen LogP contribution < -0.4 is 10.5 Å². The fourth-order valence-electron chi connectivity index (χ4n) is 2.97. The number of nitrogens with zero attached hydrogens (tertiary/aromatic N) is 2. The third kappa shape index (κ3) is 2.95. The van der Waals surface area contributed by atoms with Crippen LogP contribution in [0.15, 0.2) is 36.5 Å². The molecule has 0 saturated heterocycles. The van der Waals surface area contributed by atoms with E-state index in [1.54, 1.807) is 0 Å². The number of nitrogens with two attached hydrogens (primary N) is 1. The Morgan fingerprint density at radius 2 is 2.14 bits per heavy atom. The zero-order chi connectivity index (χ0) is 14.8. The molecule has 2 heterocycles. The van der Waals surface area contributed by atoms with E-state index in [1.165, 1.54) is 5.56 Å². The first-order valence-corrected chi connectivity index (χ1v) is 7.66. The molecule has 3 rings (SSSR count). The molecule has 0 amide bonds. The van der Waals surface area contributed by atoms with Gasteiger partial charge in [0.2, 0.25) is 0 Å². The molecule has 0 saturated carbocycles. The Kier molecular flexibility index (Phi) is 3.97. The van der Waals surface area contributed by atoms with Gasteiger partial charge in [-0.05, 0) is 38.0 Å². The lowest BCUT2D eigenvalue weighted by Crippen LogP contribution is -2.34. The summed E-state index contributed by atoms with van der Waals surface area (Å²) in [4.78, 5) is 0. The van der Waals surface area contributed by atoms with Gasteiger partial charge < -0.3 is 10.5 Å². The second kappa shape index (κ2) is 5.90.